The van der Waals surface area contributed by atoms with E-state index in [4.69, 9.17) is 4.74 Å². The van der Waals surface area contributed by atoms with E-state index >= 15 is 0 Å². The van der Waals surface area contributed by atoms with E-state index in [9.17, 15) is 36.2 Å². The van der Waals surface area contributed by atoms with Crippen LogP contribution in [0, 0.1) is 0 Å². The summed E-state index contributed by atoms with van der Waals surface area (Å²) in [6, 6.07) is 0. The first-order valence-electron chi connectivity index (χ1n) is 7.05. The second-order valence-corrected chi connectivity index (χ2v) is 8.39. The molecule has 11 heteroatoms. The van der Waals surface area contributed by atoms with Gasteiger partial charge in [0.15, 0.2) is 5.60 Å². The Labute approximate surface area is 153 Å². The van der Waals surface area contributed by atoms with Gasteiger partial charge in [-0.25, -0.2) is 4.79 Å². The summed E-state index contributed by atoms with van der Waals surface area (Å²) >= 11 is 1.78. The fraction of sp³-hybridized carbons (Fsp3) is 0.786. The number of carbonyl (C=O) groups is 1. The zero-order valence-corrected chi connectivity index (χ0v) is 15.5. The molecule has 0 bridgehead atoms. The summed E-state index contributed by atoms with van der Waals surface area (Å²) in [4.78, 5) is 11.6. The first-order valence-corrected chi connectivity index (χ1v) is 8.29. The molecule has 1 aliphatic heterocycles. The number of hydrogen-bond donors (Lipinski definition) is 1. The van der Waals surface area contributed by atoms with Crippen LogP contribution >= 0.6 is 22.6 Å². The van der Waals surface area contributed by atoms with Gasteiger partial charge in [-0.3, -0.25) is 0 Å². The van der Waals surface area contributed by atoms with E-state index in [0.717, 1.165) is 0 Å². The van der Waals surface area contributed by atoms with Crippen molar-refractivity contribution in [2.24, 2.45) is 0 Å². The number of esters is 1. The van der Waals surface area contributed by atoms with Gasteiger partial charge in [-0.15, -0.1) is 0 Å². The summed E-state index contributed by atoms with van der Waals surface area (Å²) < 4.78 is 88.5. The van der Waals surface area contributed by atoms with Crippen LogP contribution in [0.4, 0.5) is 26.3 Å². The Hall–Kier alpha value is -0.560. The van der Waals surface area contributed by atoms with Crippen molar-refractivity contribution in [2.75, 3.05) is 0 Å². The number of rotatable bonds is 4. The van der Waals surface area contributed by atoms with E-state index < -0.39 is 52.1 Å². The Morgan fingerprint density at radius 2 is 1.84 bits per heavy atom. The fourth-order valence-corrected chi connectivity index (χ4v) is 3.70. The normalized spacial score (nSPS) is 35.1. The summed E-state index contributed by atoms with van der Waals surface area (Å²) in [5.74, 6) is -5.31. The Morgan fingerprint density at radius 3 is 2.20 bits per heavy atom. The first-order chi connectivity index (χ1) is 11.0. The van der Waals surface area contributed by atoms with Gasteiger partial charge < -0.3 is 14.6 Å². The molecular formula is C14H17F6IO4. The predicted molar refractivity (Wildman–Crippen MR) is 82.9 cm³/mol. The van der Waals surface area contributed by atoms with Crippen LogP contribution in [0.1, 0.15) is 33.1 Å². The quantitative estimate of drug-likeness (QED) is 0.213. The van der Waals surface area contributed by atoms with Crippen molar-refractivity contribution in [1.29, 1.82) is 0 Å². The van der Waals surface area contributed by atoms with Crippen LogP contribution in [0.15, 0.2) is 12.7 Å². The molecule has 4 nitrogen and oxygen atoms in total. The lowest BCUT2D eigenvalue weighted by molar-refractivity contribution is -0.454. The minimum absolute atomic E-state index is 0.347. The van der Waals surface area contributed by atoms with Gasteiger partial charge in [0.2, 0.25) is 0 Å². The molecule has 0 saturated carbocycles. The van der Waals surface area contributed by atoms with E-state index in [2.05, 4.69) is 11.3 Å². The largest absolute Gasteiger partial charge is 0.456 e. The van der Waals surface area contributed by atoms with Crippen molar-refractivity contribution in [2.45, 2.75) is 66.4 Å². The SMILES string of the molecule is C=CC(=O)OC1(CC(C)I)CC(C)(C(F)(F)F)OC(O)(C(F)(F)F)C1. The van der Waals surface area contributed by atoms with E-state index in [-0.39, 0.29) is 6.42 Å². The van der Waals surface area contributed by atoms with Crippen LogP contribution in [-0.2, 0) is 14.3 Å². The molecule has 0 aromatic heterocycles. The highest BCUT2D eigenvalue weighted by molar-refractivity contribution is 14.1. The van der Waals surface area contributed by atoms with Crippen molar-refractivity contribution in [1.82, 2.24) is 0 Å². The third kappa shape index (κ3) is 4.79. The number of ether oxygens (including phenoxy) is 2. The maximum Gasteiger partial charge on any atom is 0.443 e. The molecule has 1 saturated heterocycles. The molecule has 4 unspecified atom stereocenters. The lowest BCUT2D eigenvalue weighted by Crippen LogP contribution is -2.68. The summed E-state index contributed by atoms with van der Waals surface area (Å²) in [5.41, 5.74) is -5.61. The van der Waals surface area contributed by atoms with E-state index in [1.165, 1.54) is 6.92 Å². The zero-order valence-electron chi connectivity index (χ0n) is 13.3. The van der Waals surface area contributed by atoms with Crippen molar-refractivity contribution >= 4 is 28.6 Å². The predicted octanol–water partition coefficient (Wildman–Crippen LogP) is 4.05. The van der Waals surface area contributed by atoms with Crippen molar-refractivity contribution in [3.63, 3.8) is 0 Å². The molecular weight excluding hydrogens is 473 g/mol. The lowest BCUT2D eigenvalue weighted by Gasteiger charge is -2.52. The summed E-state index contributed by atoms with van der Waals surface area (Å²) in [7, 11) is 0. The van der Waals surface area contributed by atoms with Crippen LogP contribution < -0.4 is 0 Å². The van der Waals surface area contributed by atoms with Crippen molar-refractivity contribution in [3.05, 3.63) is 12.7 Å². The Bertz CT molecular complexity index is 504. The highest BCUT2D eigenvalue weighted by Gasteiger charge is 2.71. The molecule has 0 aromatic rings. The van der Waals surface area contributed by atoms with Gasteiger partial charge in [0.1, 0.15) is 5.60 Å². The average molecular weight is 490 g/mol. The third-order valence-electron chi connectivity index (χ3n) is 3.80. The van der Waals surface area contributed by atoms with Gasteiger partial charge >= 0.3 is 18.3 Å². The van der Waals surface area contributed by atoms with Gasteiger partial charge in [0.05, 0.1) is 6.42 Å². The number of alkyl halides is 7. The second kappa shape index (κ2) is 6.87. The van der Waals surface area contributed by atoms with Crippen molar-refractivity contribution in [3.8, 4) is 0 Å². The van der Waals surface area contributed by atoms with Gasteiger partial charge in [0, 0.05) is 16.4 Å². The number of halogens is 7. The molecule has 0 aromatic carbocycles. The summed E-state index contributed by atoms with van der Waals surface area (Å²) in [6.07, 6.45) is -12.9. The zero-order chi connectivity index (χ0) is 19.9. The van der Waals surface area contributed by atoms with Crippen LogP contribution in [0.3, 0.4) is 0 Å². The molecule has 1 heterocycles. The summed E-state index contributed by atoms with van der Waals surface area (Å²) in [5, 5.41) is 9.87. The monoisotopic (exact) mass is 490 g/mol. The lowest BCUT2D eigenvalue weighted by atomic mass is 9.76. The molecule has 0 amide bonds. The Balaban J connectivity index is 3.52. The molecule has 1 fully saturated rings. The van der Waals surface area contributed by atoms with Gasteiger partial charge in [-0.2, -0.15) is 26.3 Å². The van der Waals surface area contributed by atoms with Gasteiger partial charge in [-0.05, 0) is 13.3 Å². The van der Waals surface area contributed by atoms with E-state index in [1.54, 1.807) is 22.6 Å². The highest BCUT2D eigenvalue weighted by Crippen LogP contribution is 2.55. The molecule has 1 N–H and O–H groups in total. The molecule has 25 heavy (non-hydrogen) atoms. The van der Waals surface area contributed by atoms with E-state index in [0.29, 0.717) is 13.0 Å². The van der Waals surface area contributed by atoms with Crippen molar-refractivity contribution < 1.29 is 45.7 Å². The topological polar surface area (TPSA) is 55.8 Å². The molecule has 0 radical (unpaired) electrons. The number of carbonyl (C=O) groups excluding carboxylic acids is 1. The molecule has 0 spiro atoms. The second-order valence-electron chi connectivity index (χ2n) is 6.26. The summed E-state index contributed by atoms with van der Waals surface area (Å²) in [6.45, 7) is 5.00. The molecule has 1 aliphatic rings. The maximum atomic E-state index is 13.4. The molecule has 4 atom stereocenters. The van der Waals surface area contributed by atoms with Gasteiger partial charge in [0.25, 0.3) is 5.79 Å². The Kier molecular flexibility index (Phi) is 6.18. The maximum absolute atomic E-state index is 13.4. The average Bonchev–Trinajstić information content (AvgIpc) is 2.33. The smallest absolute Gasteiger partial charge is 0.443 e. The number of hydrogen-bond acceptors (Lipinski definition) is 4. The van der Waals surface area contributed by atoms with Crippen LogP contribution in [-0.4, -0.2) is 44.3 Å². The number of aliphatic hydroxyl groups is 1. The molecule has 146 valence electrons. The highest BCUT2D eigenvalue weighted by atomic mass is 127. The third-order valence-corrected chi connectivity index (χ3v) is 4.24. The molecule has 1 rings (SSSR count). The standard InChI is InChI=1S/C14H17F6IO4/c1-4-9(22)24-11(5-8(2)21)6-10(3,13(15,16)17)25-12(23,7-11)14(18,19)20/h4,8,23H,1,5-7H2,2-3H3. The molecule has 0 aliphatic carbocycles. The minimum Gasteiger partial charge on any atom is -0.456 e. The van der Waals surface area contributed by atoms with Crippen LogP contribution in [0.2, 0.25) is 0 Å². The minimum atomic E-state index is -5.53. The van der Waals surface area contributed by atoms with E-state index in [1.807, 2.05) is 0 Å². The van der Waals surface area contributed by atoms with Crippen LogP contribution in [0.25, 0.3) is 0 Å². The van der Waals surface area contributed by atoms with Crippen LogP contribution in [0.5, 0.6) is 0 Å². The Morgan fingerprint density at radius 1 is 1.32 bits per heavy atom. The van der Waals surface area contributed by atoms with Gasteiger partial charge in [-0.1, -0.05) is 36.1 Å². The first kappa shape index (κ1) is 22.5. The fourth-order valence-electron chi connectivity index (χ4n) is 2.90.